The predicted molar refractivity (Wildman–Crippen MR) is 91.9 cm³/mol. The summed E-state index contributed by atoms with van der Waals surface area (Å²) >= 11 is 0. The molecule has 3 rings (SSSR count). The molecule has 0 aliphatic carbocycles. The standard InChI is InChI=1S/C17H24N2O4S/c1-13(14-8-11-23-12-9-14)17(20)18-24(21,22)19-10-4-6-15-5-2-3-7-16(15)19/h2-3,5,7,13-14H,4,6,8-12H2,1H3,(H,18,20). The van der Waals surface area contributed by atoms with Crippen LogP contribution in [0.2, 0.25) is 0 Å². The average Bonchev–Trinajstić information content (AvgIpc) is 2.61. The second-order valence-electron chi connectivity index (χ2n) is 6.51. The number of carbonyl (C=O) groups excluding carboxylic acids is 1. The van der Waals surface area contributed by atoms with Crippen LogP contribution >= 0.6 is 0 Å². The Bertz CT molecular complexity index is 698. The zero-order valence-electron chi connectivity index (χ0n) is 13.9. The van der Waals surface area contributed by atoms with Gasteiger partial charge in [0.05, 0.1) is 5.69 Å². The molecule has 2 aliphatic heterocycles. The van der Waals surface area contributed by atoms with E-state index in [4.69, 9.17) is 4.74 Å². The fraction of sp³-hybridized carbons (Fsp3) is 0.588. The van der Waals surface area contributed by atoms with Crippen molar-refractivity contribution in [1.82, 2.24) is 4.72 Å². The third kappa shape index (κ3) is 3.57. The molecule has 0 bridgehead atoms. The van der Waals surface area contributed by atoms with Crippen LogP contribution < -0.4 is 9.03 Å². The molecule has 1 saturated heterocycles. The first kappa shape index (κ1) is 17.2. The smallest absolute Gasteiger partial charge is 0.326 e. The number of ether oxygens (including phenoxy) is 1. The first-order chi connectivity index (χ1) is 11.5. The summed E-state index contributed by atoms with van der Waals surface area (Å²) in [6, 6.07) is 7.45. The number of hydrogen-bond donors (Lipinski definition) is 1. The molecule has 1 unspecified atom stereocenters. The topological polar surface area (TPSA) is 75.7 Å². The summed E-state index contributed by atoms with van der Waals surface area (Å²) in [6.07, 6.45) is 3.19. The molecule has 2 aliphatic rings. The van der Waals surface area contributed by atoms with Crippen LogP contribution in [-0.4, -0.2) is 34.1 Å². The Labute approximate surface area is 143 Å². The minimum atomic E-state index is -3.88. The lowest BCUT2D eigenvalue weighted by Crippen LogP contribution is -2.48. The minimum Gasteiger partial charge on any atom is -0.381 e. The number of benzene rings is 1. The quantitative estimate of drug-likeness (QED) is 0.897. The molecular weight excluding hydrogens is 328 g/mol. The Balaban J connectivity index is 1.73. The number of anilines is 1. The van der Waals surface area contributed by atoms with Gasteiger partial charge in [0.25, 0.3) is 0 Å². The summed E-state index contributed by atoms with van der Waals surface area (Å²) in [6.45, 7) is 3.46. The van der Waals surface area contributed by atoms with Gasteiger partial charge in [0.1, 0.15) is 0 Å². The van der Waals surface area contributed by atoms with Crippen LogP contribution in [0.5, 0.6) is 0 Å². The maximum Gasteiger partial charge on any atom is 0.326 e. The number of carbonyl (C=O) groups is 1. The Kier molecular flexibility index (Phi) is 5.10. The van der Waals surface area contributed by atoms with Crippen molar-refractivity contribution < 1.29 is 17.9 Å². The van der Waals surface area contributed by atoms with E-state index >= 15 is 0 Å². The van der Waals surface area contributed by atoms with Gasteiger partial charge in [-0.1, -0.05) is 25.1 Å². The highest BCUT2D eigenvalue weighted by molar-refractivity contribution is 7.91. The lowest BCUT2D eigenvalue weighted by Gasteiger charge is -2.31. The van der Waals surface area contributed by atoms with Crippen LogP contribution in [0.15, 0.2) is 24.3 Å². The van der Waals surface area contributed by atoms with E-state index in [2.05, 4.69) is 4.72 Å². The maximum atomic E-state index is 12.7. The molecule has 1 N–H and O–H groups in total. The molecular formula is C17H24N2O4S. The second-order valence-corrected chi connectivity index (χ2v) is 8.11. The number of aryl methyl sites for hydroxylation is 1. The highest BCUT2D eigenvalue weighted by Crippen LogP contribution is 2.29. The maximum absolute atomic E-state index is 12.7. The summed E-state index contributed by atoms with van der Waals surface area (Å²) in [7, 11) is -3.88. The molecule has 1 amide bonds. The van der Waals surface area contributed by atoms with Crippen LogP contribution in [0.4, 0.5) is 5.69 Å². The van der Waals surface area contributed by atoms with Gasteiger partial charge in [0.2, 0.25) is 5.91 Å². The highest BCUT2D eigenvalue weighted by Gasteiger charge is 2.32. The van der Waals surface area contributed by atoms with Crippen LogP contribution in [0.25, 0.3) is 0 Å². The summed E-state index contributed by atoms with van der Waals surface area (Å²) in [5, 5.41) is 0. The SMILES string of the molecule is CC(C(=O)NS(=O)(=O)N1CCCc2ccccc21)C1CCOCC1. The van der Waals surface area contributed by atoms with Crippen molar-refractivity contribution >= 4 is 21.8 Å². The predicted octanol–water partition coefficient (Wildman–Crippen LogP) is 1.86. The molecule has 1 aromatic rings. The number of amides is 1. The molecule has 0 saturated carbocycles. The van der Waals surface area contributed by atoms with E-state index in [9.17, 15) is 13.2 Å². The van der Waals surface area contributed by atoms with Gasteiger partial charge >= 0.3 is 10.2 Å². The lowest BCUT2D eigenvalue weighted by molar-refractivity contribution is -0.125. The van der Waals surface area contributed by atoms with Crippen molar-refractivity contribution in [3.8, 4) is 0 Å². The van der Waals surface area contributed by atoms with E-state index < -0.39 is 16.1 Å². The van der Waals surface area contributed by atoms with E-state index in [0.717, 1.165) is 31.2 Å². The zero-order valence-corrected chi connectivity index (χ0v) is 14.7. The second kappa shape index (κ2) is 7.11. The average molecular weight is 352 g/mol. The Hall–Kier alpha value is -1.60. The Morgan fingerprint density at radius 3 is 2.75 bits per heavy atom. The summed E-state index contributed by atoms with van der Waals surface area (Å²) in [5.74, 6) is -0.601. The van der Waals surface area contributed by atoms with Gasteiger partial charge in [-0.25, -0.2) is 4.72 Å². The highest BCUT2D eigenvalue weighted by atomic mass is 32.2. The monoisotopic (exact) mass is 352 g/mol. The number of nitrogens with zero attached hydrogens (tertiary/aromatic N) is 1. The van der Waals surface area contributed by atoms with Crippen LogP contribution in [0.3, 0.4) is 0 Å². The lowest BCUT2D eigenvalue weighted by atomic mass is 9.87. The van der Waals surface area contributed by atoms with Crippen molar-refractivity contribution in [2.45, 2.75) is 32.6 Å². The van der Waals surface area contributed by atoms with Gasteiger partial charge in [-0.15, -0.1) is 0 Å². The number of hydrogen-bond acceptors (Lipinski definition) is 4. The minimum absolute atomic E-state index is 0.169. The fourth-order valence-corrected chi connectivity index (χ4v) is 4.81. The van der Waals surface area contributed by atoms with E-state index in [-0.39, 0.29) is 11.8 Å². The molecule has 6 nitrogen and oxygen atoms in total. The third-order valence-corrected chi connectivity index (χ3v) is 6.39. The number of fused-ring (bicyclic) bond motifs is 1. The van der Waals surface area contributed by atoms with Crippen LogP contribution in [0, 0.1) is 11.8 Å². The van der Waals surface area contributed by atoms with Crippen molar-refractivity contribution in [2.75, 3.05) is 24.1 Å². The van der Waals surface area contributed by atoms with Gasteiger partial charge in [-0.05, 0) is 43.2 Å². The molecule has 0 radical (unpaired) electrons. The molecule has 24 heavy (non-hydrogen) atoms. The van der Waals surface area contributed by atoms with Gasteiger partial charge in [0.15, 0.2) is 0 Å². The zero-order chi connectivity index (χ0) is 17.2. The van der Waals surface area contributed by atoms with E-state index in [1.807, 2.05) is 18.2 Å². The van der Waals surface area contributed by atoms with Crippen LogP contribution in [-0.2, 0) is 26.2 Å². The van der Waals surface area contributed by atoms with Gasteiger partial charge in [0, 0.05) is 25.7 Å². The van der Waals surface area contributed by atoms with E-state index in [1.165, 1.54) is 4.31 Å². The molecule has 0 aromatic heterocycles. The van der Waals surface area contributed by atoms with Gasteiger partial charge < -0.3 is 4.74 Å². The molecule has 7 heteroatoms. The molecule has 2 heterocycles. The molecule has 1 aromatic carbocycles. The van der Waals surface area contributed by atoms with Crippen molar-refractivity contribution in [3.05, 3.63) is 29.8 Å². The normalized spacial score (nSPS) is 20.3. The van der Waals surface area contributed by atoms with E-state index in [1.54, 1.807) is 13.0 Å². The number of nitrogens with one attached hydrogen (secondary N) is 1. The first-order valence-corrected chi connectivity index (χ1v) is 9.93. The summed E-state index contributed by atoms with van der Waals surface area (Å²) < 4.78 is 34.3. The summed E-state index contributed by atoms with van der Waals surface area (Å²) in [4.78, 5) is 12.5. The van der Waals surface area contributed by atoms with Gasteiger partial charge in [-0.2, -0.15) is 8.42 Å². The first-order valence-electron chi connectivity index (χ1n) is 8.49. The Morgan fingerprint density at radius 1 is 1.29 bits per heavy atom. The molecule has 132 valence electrons. The van der Waals surface area contributed by atoms with Crippen LogP contribution in [0.1, 0.15) is 31.7 Å². The molecule has 0 spiro atoms. The van der Waals surface area contributed by atoms with E-state index in [0.29, 0.717) is 25.4 Å². The van der Waals surface area contributed by atoms with Gasteiger partial charge in [-0.3, -0.25) is 9.10 Å². The molecule has 1 atom stereocenters. The van der Waals surface area contributed by atoms with Crippen molar-refractivity contribution in [1.29, 1.82) is 0 Å². The number of para-hydroxylation sites is 1. The fourth-order valence-electron chi connectivity index (χ4n) is 3.45. The number of rotatable bonds is 4. The van der Waals surface area contributed by atoms with Crippen molar-refractivity contribution in [2.24, 2.45) is 11.8 Å². The Morgan fingerprint density at radius 2 is 2.00 bits per heavy atom. The third-order valence-electron chi connectivity index (χ3n) is 4.97. The van der Waals surface area contributed by atoms with Crippen molar-refractivity contribution in [3.63, 3.8) is 0 Å². The summed E-state index contributed by atoms with van der Waals surface area (Å²) in [5.41, 5.74) is 1.67. The molecule has 1 fully saturated rings. The largest absolute Gasteiger partial charge is 0.381 e.